The van der Waals surface area contributed by atoms with Gasteiger partial charge in [0.2, 0.25) is 5.91 Å². The first kappa shape index (κ1) is 16.3. The molecule has 1 amide bonds. The molecule has 1 N–H and O–H groups in total. The molecule has 0 spiro atoms. The Kier molecular flexibility index (Phi) is 5.22. The molecule has 0 fully saturated rings. The van der Waals surface area contributed by atoms with E-state index in [0.29, 0.717) is 4.88 Å². The lowest BCUT2D eigenvalue weighted by atomic mass is 10.3. The van der Waals surface area contributed by atoms with Crippen LogP contribution in [-0.2, 0) is 20.4 Å². The second-order valence-electron chi connectivity index (χ2n) is 3.55. The molecule has 1 rings (SSSR count). The van der Waals surface area contributed by atoms with E-state index in [-0.39, 0.29) is 10.8 Å². The molecule has 0 atom stereocenters. The van der Waals surface area contributed by atoms with Gasteiger partial charge < -0.3 is 5.32 Å². The predicted molar refractivity (Wildman–Crippen MR) is 64.5 cm³/mol. The van der Waals surface area contributed by atoms with E-state index >= 15 is 0 Å². The van der Waals surface area contributed by atoms with Gasteiger partial charge >= 0.3 is 6.18 Å². The number of alkyl halides is 3. The maximum Gasteiger partial charge on any atom is 0.389 e. The fourth-order valence-corrected chi connectivity index (χ4v) is 3.18. The Labute approximate surface area is 116 Å². The molecule has 0 aliphatic rings. The van der Waals surface area contributed by atoms with Gasteiger partial charge in [-0.15, -0.1) is 11.3 Å². The molecule has 0 aliphatic carbocycles. The van der Waals surface area contributed by atoms with Crippen molar-refractivity contribution in [3.63, 3.8) is 0 Å². The minimum Gasteiger partial charge on any atom is -0.351 e. The molecule has 0 saturated carbocycles. The molecule has 1 aromatic rings. The van der Waals surface area contributed by atoms with E-state index in [1.807, 2.05) is 0 Å². The van der Waals surface area contributed by atoms with Crippen LogP contribution >= 0.6 is 22.0 Å². The largest absolute Gasteiger partial charge is 0.389 e. The topological polar surface area (TPSA) is 63.2 Å². The predicted octanol–water partition coefficient (Wildman–Crippen LogP) is 2.63. The standard InChI is InChI=1S/C9H9ClF3NO3S2/c10-19(16,17)8-2-1-6(18-8)5-14-7(15)3-4-9(11,12)13/h1-2H,3-5H2,(H,14,15). The Hall–Kier alpha value is -0.800. The number of halogens is 4. The summed E-state index contributed by atoms with van der Waals surface area (Å²) in [5.41, 5.74) is 0. The molecule has 0 aliphatic heterocycles. The first-order chi connectivity index (χ1) is 8.58. The van der Waals surface area contributed by atoms with Crippen LogP contribution < -0.4 is 5.32 Å². The molecule has 0 bridgehead atoms. The highest BCUT2D eigenvalue weighted by atomic mass is 35.7. The zero-order valence-electron chi connectivity index (χ0n) is 9.33. The van der Waals surface area contributed by atoms with Crippen molar-refractivity contribution < 1.29 is 26.4 Å². The van der Waals surface area contributed by atoms with Crippen LogP contribution in [0.3, 0.4) is 0 Å². The first-order valence-electron chi connectivity index (χ1n) is 4.95. The minimum atomic E-state index is -4.37. The van der Waals surface area contributed by atoms with Crippen molar-refractivity contribution >= 4 is 37.0 Å². The van der Waals surface area contributed by atoms with Crippen molar-refractivity contribution in [3.8, 4) is 0 Å². The third-order valence-corrected chi connectivity index (χ3v) is 5.15. The van der Waals surface area contributed by atoms with E-state index in [9.17, 15) is 26.4 Å². The van der Waals surface area contributed by atoms with Crippen molar-refractivity contribution in [2.45, 2.75) is 29.8 Å². The van der Waals surface area contributed by atoms with Gasteiger partial charge in [-0.2, -0.15) is 13.2 Å². The summed E-state index contributed by atoms with van der Waals surface area (Å²) in [4.78, 5) is 11.6. The molecule has 108 valence electrons. The smallest absolute Gasteiger partial charge is 0.351 e. The number of hydrogen-bond donors (Lipinski definition) is 1. The second-order valence-corrected chi connectivity index (χ2v) is 7.51. The van der Waals surface area contributed by atoms with Gasteiger partial charge in [0.25, 0.3) is 9.05 Å². The molecule has 4 nitrogen and oxygen atoms in total. The molecule has 1 aromatic heterocycles. The van der Waals surface area contributed by atoms with Crippen LogP contribution in [0.4, 0.5) is 13.2 Å². The number of carbonyl (C=O) groups excluding carboxylic acids is 1. The zero-order chi connectivity index (χ0) is 14.7. The molecule has 0 saturated heterocycles. The quantitative estimate of drug-likeness (QED) is 0.841. The van der Waals surface area contributed by atoms with E-state index in [4.69, 9.17) is 10.7 Å². The zero-order valence-corrected chi connectivity index (χ0v) is 11.7. The first-order valence-corrected chi connectivity index (χ1v) is 8.07. The van der Waals surface area contributed by atoms with Gasteiger partial charge in [0.15, 0.2) is 0 Å². The van der Waals surface area contributed by atoms with Gasteiger partial charge in [-0.25, -0.2) is 8.42 Å². The van der Waals surface area contributed by atoms with E-state index in [2.05, 4.69) is 5.32 Å². The van der Waals surface area contributed by atoms with Crippen molar-refractivity contribution in [2.24, 2.45) is 0 Å². The maximum atomic E-state index is 11.9. The van der Waals surface area contributed by atoms with Crippen molar-refractivity contribution in [1.29, 1.82) is 0 Å². The summed E-state index contributed by atoms with van der Waals surface area (Å²) in [6, 6.07) is 2.70. The van der Waals surface area contributed by atoms with Crippen molar-refractivity contribution in [2.75, 3.05) is 0 Å². The Morgan fingerprint density at radius 1 is 1.37 bits per heavy atom. The van der Waals surface area contributed by atoms with Crippen molar-refractivity contribution in [1.82, 2.24) is 5.32 Å². The van der Waals surface area contributed by atoms with Gasteiger partial charge in [-0.3, -0.25) is 4.79 Å². The number of rotatable bonds is 5. The highest BCUT2D eigenvalue weighted by Gasteiger charge is 2.27. The average molecular weight is 336 g/mol. The Bertz CT molecular complexity index is 553. The summed E-state index contributed by atoms with van der Waals surface area (Å²) in [7, 11) is 1.28. The van der Waals surface area contributed by atoms with Crippen LogP contribution in [0.2, 0.25) is 0 Å². The van der Waals surface area contributed by atoms with Gasteiger partial charge in [0, 0.05) is 22.0 Å². The van der Waals surface area contributed by atoms with Crippen LogP contribution in [0.1, 0.15) is 17.7 Å². The van der Waals surface area contributed by atoms with Gasteiger partial charge in [0.05, 0.1) is 13.0 Å². The number of amides is 1. The molecule has 10 heteroatoms. The number of carbonyl (C=O) groups is 1. The number of nitrogens with one attached hydrogen (secondary N) is 1. The highest BCUT2D eigenvalue weighted by Crippen LogP contribution is 2.25. The lowest BCUT2D eigenvalue weighted by molar-refractivity contribution is -0.144. The fraction of sp³-hybridized carbons (Fsp3) is 0.444. The summed E-state index contributed by atoms with van der Waals surface area (Å²) in [5.74, 6) is -0.749. The third kappa shape index (κ3) is 6.26. The van der Waals surface area contributed by atoms with Crippen LogP contribution in [0.25, 0.3) is 0 Å². The second kappa shape index (κ2) is 6.10. The average Bonchev–Trinajstić information content (AvgIpc) is 2.70. The van der Waals surface area contributed by atoms with E-state index < -0.39 is 34.0 Å². The fourth-order valence-electron chi connectivity index (χ4n) is 1.11. The van der Waals surface area contributed by atoms with Crippen LogP contribution in [0.5, 0.6) is 0 Å². The minimum absolute atomic E-state index is 0.0340. The van der Waals surface area contributed by atoms with E-state index in [0.717, 1.165) is 11.3 Å². The summed E-state index contributed by atoms with van der Waals surface area (Å²) in [5, 5.41) is 2.27. The summed E-state index contributed by atoms with van der Waals surface area (Å²) >= 11 is 0.849. The molecular weight excluding hydrogens is 327 g/mol. The lowest BCUT2D eigenvalue weighted by Gasteiger charge is -2.06. The SMILES string of the molecule is O=C(CCC(F)(F)F)NCc1ccc(S(=O)(=O)Cl)s1. The number of thiophene rings is 1. The Balaban J connectivity index is 2.45. The molecular formula is C9H9ClF3NO3S2. The van der Waals surface area contributed by atoms with Gasteiger partial charge in [0.1, 0.15) is 4.21 Å². The van der Waals surface area contributed by atoms with Crippen molar-refractivity contribution in [3.05, 3.63) is 17.0 Å². The molecule has 0 aromatic carbocycles. The summed E-state index contributed by atoms with van der Waals surface area (Å²) < 4.78 is 57.4. The van der Waals surface area contributed by atoms with Gasteiger partial charge in [-0.05, 0) is 12.1 Å². The molecule has 19 heavy (non-hydrogen) atoms. The number of hydrogen-bond acceptors (Lipinski definition) is 4. The normalized spacial score (nSPS) is 12.4. The van der Waals surface area contributed by atoms with E-state index in [1.54, 1.807) is 0 Å². The third-order valence-electron chi connectivity index (χ3n) is 1.97. The Morgan fingerprint density at radius 2 is 2.00 bits per heavy atom. The molecule has 0 radical (unpaired) electrons. The molecule has 0 unspecified atom stereocenters. The monoisotopic (exact) mass is 335 g/mol. The van der Waals surface area contributed by atoms with Crippen LogP contribution in [0.15, 0.2) is 16.3 Å². The Morgan fingerprint density at radius 3 is 2.47 bits per heavy atom. The summed E-state index contributed by atoms with van der Waals surface area (Å²) in [6.07, 6.45) is -6.22. The maximum absolute atomic E-state index is 11.9. The summed E-state index contributed by atoms with van der Waals surface area (Å²) in [6.45, 7) is -0.0340. The molecule has 1 heterocycles. The lowest BCUT2D eigenvalue weighted by Crippen LogP contribution is -2.24. The van der Waals surface area contributed by atoms with Crippen LogP contribution in [0, 0.1) is 0 Å². The highest BCUT2D eigenvalue weighted by molar-refractivity contribution is 8.15. The van der Waals surface area contributed by atoms with E-state index in [1.165, 1.54) is 12.1 Å². The van der Waals surface area contributed by atoms with Gasteiger partial charge in [-0.1, -0.05) is 0 Å². The van der Waals surface area contributed by atoms with Crippen LogP contribution in [-0.4, -0.2) is 20.5 Å².